The molecule has 0 unspecified atom stereocenters. The monoisotopic (exact) mass is 400 g/mol. The smallest absolute Gasteiger partial charge is 0.253 e. The molecule has 5 heteroatoms. The Morgan fingerprint density at radius 2 is 2.05 bits per heavy atom. The first-order valence-corrected chi connectivity index (χ1v) is 7.48. The number of rotatable bonds is 3. The van der Waals surface area contributed by atoms with E-state index < -0.39 is 0 Å². The van der Waals surface area contributed by atoms with Crippen LogP contribution in [0.3, 0.4) is 0 Å². The molecular weight excluding hydrogens is 387 g/mol. The van der Waals surface area contributed by atoms with Crippen LogP contribution in [0.4, 0.5) is 5.69 Å². The van der Waals surface area contributed by atoms with E-state index in [-0.39, 0.29) is 5.91 Å². The summed E-state index contributed by atoms with van der Waals surface area (Å²) in [5.41, 5.74) is 7.89. The lowest BCUT2D eigenvalue weighted by Gasteiger charge is -2.18. The molecule has 2 aromatic rings. The van der Waals surface area contributed by atoms with Crippen LogP contribution in [0, 0.1) is 3.57 Å². The van der Waals surface area contributed by atoms with Gasteiger partial charge in [-0.15, -0.1) is 0 Å². The highest BCUT2D eigenvalue weighted by atomic mass is 127. The van der Waals surface area contributed by atoms with Gasteiger partial charge < -0.3 is 10.6 Å². The average Bonchev–Trinajstić information content (AvgIpc) is 2.42. The zero-order valence-corrected chi connectivity index (χ0v) is 13.9. The fourth-order valence-electron chi connectivity index (χ4n) is 1.89. The third-order valence-corrected chi connectivity index (χ3v) is 3.94. The van der Waals surface area contributed by atoms with Crippen molar-refractivity contribution >= 4 is 45.8 Å². The summed E-state index contributed by atoms with van der Waals surface area (Å²) in [5, 5.41) is 0.612. The largest absolute Gasteiger partial charge is 0.399 e. The van der Waals surface area contributed by atoms with Gasteiger partial charge in [-0.25, -0.2) is 0 Å². The normalized spacial score (nSPS) is 10.3. The molecule has 0 aromatic heterocycles. The Morgan fingerprint density at radius 3 is 2.75 bits per heavy atom. The molecule has 0 spiro atoms. The van der Waals surface area contributed by atoms with Crippen molar-refractivity contribution in [2.75, 3.05) is 12.8 Å². The van der Waals surface area contributed by atoms with Crippen molar-refractivity contribution in [1.29, 1.82) is 0 Å². The van der Waals surface area contributed by atoms with Crippen molar-refractivity contribution in [2.45, 2.75) is 6.54 Å². The summed E-state index contributed by atoms with van der Waals surface area (Å²) in [6.45, 7) is 0.425. The summed E-state index contributed by atoms with van der Waals surface area (Å²) < 4.78 is 1.03. The number of carbonyl (C=O) groups excluding carboxylic acids is 1. The van der Waals surface area contributed by atoms with E-state index in [2.05, 4.69) is 22.6 Å². The van der Waals surface area contributed by atoms with Crippen LogP contribution >= 0.6 is 34.2 Å². The average molecular weight is 401 g/mol. The van der Waals surface area contributed by atoms with Crippen molar-refractivity contribution < 1.29 is 4.79 Å². The molecule has 0 aliphatic carbocycles. The molecule has 20 heavy (non-hydrogen) atoms. The van der Waals surface area contributed by atoms with Crippen molar-refractivity contribution in [3.63, 3.8) is 0 Å². The van der Waals surface area contributed by atoms with Crippen molar-refractivity contribution in [1.82, 2.24) is 4.90 Å². The quantitative estimate of drug-likeness (QED) is 0.629. The van der Waals surface area contributed by atoms with E-state index in [4.69, 9.17) is 17.3 Å². The molecule has 0 radical (unpaired) electrons. The number of amides is 1. The molecule has 2 N–H and O–H groups in total. The molecule has 0 aliphatic heterocycles. The van der Waals surface area contributed by atoms with Crippen LogP contribution in [-0.2, 0) is 6.54 Å². The van der Waals surface area contributed by atoms with E-state index in [0.29, 0.717) is 22.8 Å². The first-order valence-electron chi connectivity index (χ1n) is 6.02. The van der Waals surface area contributed by atoms with E-state index in [1.165, 1.54) is 0 Å². The Kier molecular flexibility index (Phi) is 4.88. The van der Waals surface area contributed by atoms with Gasteiger partial charge in [0.2, 0.25) is 0 Å². The van der Waals surface area contributed by atoms with Crippen LogP contribution in [0.15, 0.2) is 42.5 Å². The molecule has 0 aliphatic rings. The number of anilines is 1. The number of nitrogen functional groups attached to an aromatic ring is 1. The van der Waals surface area contributed by atoms with Crippen molar-refractivity contribution in [3.05, 3.63) is 62.2 Å². The topological polar surface area (TPSA) is 46.3 Å². The predicted octanol–water partition coefficient (Wildman–Crippen LogP) is 3.80. The number of carbonyl (C=O) groups is 1. The third kappa shape index (κ3) is 3.64. The van der Waals surface area contributed by atoms with Crippen LogP contribution in [-0.4, -0.2) is 17.9 Å². The fraction of sp³-hybridized carbons (Fsp3) is 0.133. The van der Waals surface area contributed by atoms with Gasteiger partial charge in [0, 0.05) is 33.4 Å². The van der Waals surface area contributed by atoms with E-state index in [1.54, 1.807) is 30.1 Å². The van der Waals surface area contributed by atoms with Gasteiger partial charge in [-0.3, -0.25) is 4.79 Å². The maximum atomic E-state index is 12.3. The number of benzene rings is 2. The van der Waals surface area contributed by atoms with E-state index in [0.717, 1.165) is 9.13 Å². The molecule has 0 heterocycles. The van der Waals surface area contributed by atoms with Crippen molar-refractivity contribution in [2.24, 2.45) is 0 Å². The lowest BCUT2D eigenvalue weighted by molar-refractivity contribution is 0.0785. The molecule has 0 fully saturated rings. The molecule has 1 amide bonds. The van der Waals surface area contributed by atoms with E-state index in [1.807, 2.05) is 24.3 Å². The lowest BCUT2D eigenvalue weighted by Crippen LogP contribution is -2.26. The van der Waals surface area contributed by atoms with Gasteiger partial charge in [0.05, 0.1) is 0 Å². The number of nitrogens with zero attached hydrogens (tertiary/aromatic N) is 1. The Morgan fingerprint density at radius 1 is 1.30 bits per heavy atom. The molecule has 2 aromatic carbocycles. The Balaban J connectivity index is 2.17. The van der Waals surface area contributed by atoms with Crippen LogP contribution in [0.5, 0.6) is 0 Å². The molecular formula is C15H14ClIN2O. The SMILES string of the molecule is CN(Cc1cc(N)ccc1Cl)C(=O)c1cccc(I)c1. The van der Waals surface area contributed by atoms with Gasteiger partial charge in [-0.1, -0.05) is 17.7 Å². The summed E-state index contributed by atoms with van der Waals surface area (Å²) in [4.78, 5) is 14.0. The van der Waals surface area contributed by atoms with Gasteiger partial charge in [-0.05, 0) is 64.6 Å². The number of hydrogen-bond donors (Lipinski definition) is 1. The second-order valence-corrected chi connectivity index (χ2v) is 6.18. The number of hydrogen-bond acceptors (Lipinski definition) is 2. The lowest BCUT2D eigenvalue weighted by atomic mass is 10.1. The Hall–Kier alpha value is -1.27. The highest BCUT2D eigenvalue weighted by Gasteiger charge is 2.13. The van der Waals surface area contributed by atoms with Crippen LogP contribution < -0.4 is 5.73 Å². The third-order valence-electron chi connectivity index (χ3n) is 2.90. The Labute approximate surface area is 136 Å². The molecule has 0 saturated heterocycles. The summed E-state index contributed by atoms with van der Waals surface area (Å²) in [5.74, 6) is -0.0398. The fourth-order valence-corrected chi connectivity index (χ4v) is 2.61. The minimum atomic E-state index is -0.0398. The number of nitrogens with two attached hydrogens (primary N) is 1. The van der Waals surface area contributed by atoms with E-state index >= 15 is 0 Å². The summed E-state index contributed by atoms with van der Waals surface area (Å²) >= 11 is 8.31. The predicted molar refractivity (Wildman–Crippen MR) is 90.8 cm³/mol. The van der Waals surface area contributed by atoms with Crippen LogP contribution in [0.2, 0.25) is 5.02 Å². The summed E-state index contributed by atoms with van der Waals surface area (Å²) in [7, 11) is 1.75. The minimum absolute atomic E-state index is 0.0398. The first-order chi connectivity index (χ1) is 9.47. The maximum Gasteiger partial charge on any atom is 0.253 e. The standard InChI is InChI=1S/C15H14ClIN2O/c1-19(9-11-8-13(18)5-6-14(11)16)15(20)10-3-2-4-12(17)7-10/h2-8H,9,18H2,1H3. The molecule has 104 valence electrons. The summed E-state index contributed by atoms with van der Waals surface area (Å²) in [6, 6.07) is 12.8. The molecule has 0 saturated carbocycles. The minimum Gasteiger partial charge on any atom is -0.399 e. The second-order valence-electron chi connectivity index (χ2n) is 4.52. The van der Waals surface area contributed by atoms with Gasteiger partial charge in [0.25, 0.3) is 5.91 Å². The number of halogens is 2. The van der Waals surface area contributed by atoms with Gasteiger partial charge in [0.15, 0.2) is 0 Å². The second kappa shape index (κ2) is 6.45. The highest BCUT2D eigenvalue weighted by molar-refractivity contribution is 14.1. The van der Waals surface area contributed by atoms with Crippen molar-refractivity contribution in [3.8, 4) is 0 Å². The molecule has 3 nitrogen and oxygen atoms in total. The van der Waals surface area contributed by atoms with Gasteiger partial charge in [0.1, 0.15) is 0 Å². The first kappa shape index (κ1) is 15.1. The van der Waals surface area contributed by atoms with Gasteiger partial charge >= 0.3 is 0 Å². The molecule has 2 rings (SSSR count). The van der Waals surface area contributed by atoms with Crippen LogP contribution in [0.25, 0.3) is 0 Å². The highest BCUT2D eigenvalue weighted by Crippen LogP contribution is 2.21. The Bertz CT molecular complexity index is 646. The summed E-state index contributed by atoms with van der Waals surface area (Å²) in [6.07, 6.45) is 0. The maximum absolute atomic E-state index is 12.3. The molecule has 0 atom stereocenters. The molecule has 0 bridgehead atoms. The van der Waals surface area contributed by atoms with E-state index in [9.17, 15) is 4.79 Å². The van der Waals surface area contributed by atoms with Crippen LogP contribution in [0.1, 0.15) is 15.9 Å². The zero-order valence-electron chi connectivity index (χ0n) is 10.9. The van der Waals surface area contributed by atoms with Gasteiger partial charge in [-0.2, -0.15) is 0 Å². The zero-order chi connectivity index (χ0) is 14.7.